The van der Waals surface area contributed by atoms with Gasteiger partial charge >= 0.3 is 0 Å². The van der Waals surface area contributed by atoms with E-state index < -0.39 is 46.8 Å². The summed E-state index contributed by atoms with van der Waals surface area (Å²) >= 11 is 0. The predicted octanol–water partition coefficient (Wildman–Crippen LogP) is 6.88. The fraction of sp³-hybridized carbons (Fsp3) is 0.277. The van der Waals surface area contributed by atoms with Gasteiger partial charge in [0.25, 0.3) is 11.8 Å². The lowest BCUT2D eigenvalue weighted by molar-refractivity contribution is -0.138. The first-order chi connectivity index (χ1) is 27.8. The first-order valence-corrected chi connectivity index (χ1v) is 19.8. The Labute approximate surface area is 330 Å². The molecule has 6 unspecified atom stereocenters. The summed E-state index contributed by atoms with van der Waals surface area (Å²) in [6.45, 7) is 4.78. The molecule has 3 saturated heterocycles. The number of ether oxygens (including phenoxy) is 1. The molecule has 3 heterocycles. The van der Waals surface area contributed by atoms with Crippen molar-refractivity contribution < 1.29 is 29.0 Å². The standard InChI is InChI=1S/C47H42N4O6/c1-28-11-14-31(15-12-28)48-51-44(54)38-27-37-35(20-21-36-40(37)45(55)50(43(36)53)33-18-16-32(17-19-33)49-23-25-57-26-24-49)42(47(38,46(51)56)30-8-3-2-4-9-30)41-34-10-6-5-7-29(34)13-22-39(41)52/h2-20,22,36-38,40,42,48,52H,21,23-27H2,1H3. The van der Waals surface area contributed by atoms with Gasteiger partial charge in [-0.1, -0.05) is 90.0 Å². The van der Waals surface area contributed by atoms with Gasteiger partial charge in [0.05, 0.1) is 47.8 Å². The van der Waals surface area contributed by atoms with E-state index in [1.165, 1.54) is 4.90 Å². The summed E-state index contributed by atoms with van der Waals surface area (Å²) in [5.41, 5.74) is 6.76. The first kappa shape index (κ1) is 35.2. The summed E-state index contributed by atoms with van der Waals surface area (Å²) in [4.78, 5) is 63.4. The zero-order valence-electron chi connectivity index (χ0n) is 31.5. The van der Waals surface area contributed by atoms with E-state index in [4.69, 9.17) is 4.74 Å². The second kappa shape index (κ2) is 13.4. The molecule has 0 aromatic heterocycles. The molecule has 10 nitrogen and oxygen atoms in total. The number of morpholine rings is 1. The SMILES string of the molecule is Cc1ccc(NN2C(=O)C3CC4C(=CCC5C(=O)N(c6ccc(N7CCOCC7)cc6)C(=O)C54)C(c4c(O)ccc5ccccc45)C3(c3ccccc3)C2=O)cc1. The minimum absolute atomic E-state index is 0.00238. The number of carbonyl (C=O) groups excluding carboxylic acids is 4. The van der Waals surface area contributed by atoms with Crippen molar-refractivity contribution in [2.45, 2.75) is 31.1 Å². The molecule has 5 aromatic carbocycles. The van der Waals surface area contributed by atoms with Crippen LogP contribution in [0.4, 0.5) is 17.1 Å². The molecule has 4 fully saturated rings. The number of allylic oxidation sites excluding steroid dienone is 2. The second-order valence-corrected chi connectivity index (χ2v) is 15.9. The average Bonchev–Trinajstić information content (AvgIpc) is 3.63. The van der Waals surface area contributed by atoms with E-state index in [1.807, 2.05) is 122 Å². The zero-order chi connectivity index (χ0) is 39.0. The van der Waals surface area contributed by atoms with Gasteiger partial charge in [-0.15, -0.1) is 0 Å². The molecule has 2 N–H and O–H groups in total. The van der Waals surface area contributed by atoms with E-state index in [1.54, 1.807) is 6.07 Å². The van der Waals surface area contributed by atoms with Crippen molar-refractivity contribution in [2.24, 2.45) is 23.7 Å². The van der Waals surface area contributed by atoms with Gasteiger partial charge < -0.3 is 14.7 Å². The van der Waals surface area contributed by atoms with Crippen molar-refractivity contribution in [1.82, 2.24) is 5.01 Å². The third-order valence-electron chi connectivity index (χ3n) is 13.1. The van der Waals surface area contributed by atoms with E-state index in [0.717, 1.165) is 45.7 Å². The Morgan fingerprint density at radius 2 is 1.44 bits per heavy atom. The smallest absolute Gasteiger partial charge is 0.260 e. The maximum absolute atomic E-state index is 15.6. The Morgan fingerprint density at radius 1 is 0.737 bits per heavy atom. The summed E-state index contributed by atoms with van der Waals surface area (Å²) < 4.78 is 5.52. The van der Waals surface area contributed by atoms with Crippen LogP contribution < -0.4 is 15.2 Å². The molecule has 1 saturated carbocycles. The number of imide groups is 2. The van der Waals surface area contributed by atoms with Gasteiger partial charge in [0.2, 0.25) is 11.8 Å². The maximum atomic E-state index is 15.6. The number of amides is 4. The molecular weight excluding hydrogens is 717 g/mol. The number of benzene rings is 5. The highest BCUT2D eigenvalue weighted by Gasteiger charge is 2.70. The molecule has 2 aliphatic carbocycles. The molecule has 5 aromatic rings. The van der Waals surface area contributed by atoms with Gasteiger partial charge in [-0.05, 0) is 84.5 Å². The Balaban J connectivity index is 1.13. The highest BCUT2D eigenvalue weighted by molar-refractivity contribution is 6.22. The number of hydrogen-bond acceptors (Lipinski definition) is 8. The number of hydrazine groups is 1. The largest absolute Gasteiger partial charge is 0.508 e. The van der Waals surface area contributed by atoms with Crippen LogP contribution in [-0.2, 0) is 29.3 Å². The van der Waals surface area contributed by atoms with Crippen molar-refractivity contribution in [3.8, 4) is 5.75 Å². The van der Waals surface area contributed by atoms with E-state index in [-0.39, 0.29) is 30.4 Å². The number of aromatic hydroxyl groups is 1. The number of anilines is 3. The molecule has 4 amide bonds. The van der Waals surface area contributed by atoms with Crippen molar-refractivity contribution in [2.75, 3.05) is 41.5 Å². The summed E-state index contributed by atoms with van der Waals surface area (Å²) in [6.07, 6.45) is 2.49. The third kappa shape index (κ3) is 5.26. The number of carbonyl (C=O) groups is 4. The van der Waals surface area contributed by atoms with Gasteiger partial charge in [-0.25, -0.2) is 0 Å². The number of nitrogens with one attached hydrogen (secondary N) is 1. The number of rotatable bonds is 6. The fourth-order valence-corrected chi connectivity index (χ4v) is 10.5. The first-order valence-electron chi connectivity index (χ1n) is 19.8. The topological polar surface area (TPSA) is 119 Å². The van der Waals surface area contributed by atoms with Crippen LogP contribution in [0.3, 0.4) is 0 Å². The van der Waals surface area contributed by atoms with Crippen LogP contribution >= 0.6 is 0 Å². The molecule has 10 heteroatoms. The Hall–Kier alpha value is -6.26. The van der Waals surface area contributed by atoms with Gasteiger partial charge in [-0.2, -0.15) is 5.01 Å². The van der Waals surface area contributed by atoms with Crippen LogP contribution in [-0.4, -0.2) is 60.0 Å². The van der Waals surface area contributed by atoms with Crippen LogP contribution in [0.1, 0.15) is 35.4 Å². The minimum atomic E-state index is -1.49. The molecule has 0 radical (unpaired) electrons. The second-order valence-electron chi connectivity index (χ2n) is 15.9. The van der Waals surface area contributed by atoms with Gasteiger partial charge in [0.15, 0.2) is 0 Å². The monoisotopic (exact) mass is 758 g/mol. The summed E-state index contributed by atoms with van der Waals surface area (Å²) in [6, 6.07) is 35.7. The number of aryl methyl sites for hydroxylation is 1. The third-order valence-corrected chi connectivity index (χ3v) is 13.1. The highest BCUT2D eigenvalue weighted by atomic mass is 16.5. The lowest BCUT2D eigenvalue weighted by Crippen LogP contribution is -2.53. The van der Waals surface area contributed by atoms with Crippen LogP contribution in [0.15, 0.2) is 127 Å². The van der Waals surface area contributed by atoms with Gasteiger partial charge in [0, 0.05) is 30.3 Å². The molecule has 0 spiro atoms. The van der Waals surface area contributed by atoms with Crippen LogP contribution in [0.5, 0.6) is 5.75 Å². The fourth-order valence-electron chi connectivity index (χ4n) is 10.5. The van der Waals surface area contributed by atoms with E-state index >= 15 is 9.59 Å². The van der Waals surface area contributed by atoms with Crippen molar-refractivity contribution in [3.63, 3.8) is 0 Å². The van der Waals surface area contributed by atoms with E-state index in [0.29, 0.717) is 35.7 Å². The normalized spacial score (nSPS) is 27.0. The molecule has 57 heavy (non-hydrogen) atoms. The number of hydrogen-bond donors (Lipinski definition) is 2. The minimum Gasteiger partial charge on any atom is -0.508 e. The lowest BCUT2D eigenvalue weighted by Gasteiger charge is -2.51. The maximum Gasteiger partial charge on any atom is 0.260 e. The van der Waals surface area contributed by atoms with Crippen LogP contribution in [0.2, 0.25) is 0 Å². The molecular formula is C47H42N4O6. The molecule has 0 bridgehead atoms. The predicted molar refractivity (Wildman–Crippen MR) is 216 cm³/mol. The number of fused-ring (bicyclic) bond motifs is 5. The van der Waals surface area contributed by atoms with Crippen LogP contribution in [0, 0.1) is 30.6 Å². The molecule has 6 atom stereocenters. The Kier molecular flexibility index (Phi) is 8.30. The van der Waals surface area contributed by atoms with Gasteiger partial charge in [-0.3, -0.25) is 29.5 Å². The number of nitrogens with zero attached hydrogens (tertiary/aromatic N) is 3. The van der Waals surface area contributed by atoms with Crippen molar-refractivity contribution >= 4 is 51.5 Å². The number of phenols is 1. The molecule has 3 aliphatic heterocycles. The van der Waals surface area contributed by atoms with Crippen molar-refractivity contribution in [3.05, 3.63) is 144 Å². The summed E-state index contributed by atoms with van der Waals surface area (Å²) in [7, 11) is 0. The average molecular weight is 759 g/mol. The Bertz CT molecular complexity index is 2480. The van der Waals surface area contributed by atoms with E-state index in [9.17, 15) is 14.7 Å². The lowest BCUT2D eigenvalue weighted by atomic mass is 9.48. The highest BCUT2D eigenvalue weighted by Crippen LogP contribution is 2.65. The van der Waals surface area contributed by atoms with Crippen molar-refractivity contribution in [1.29, 1.82) is 0 Å². The number of phenolic OH excluding ortho intramolecular Hbond substituents is 1. The molecule has 286 valence electrons. The molecule has 5 aliphatic rings. The zero-order valence-corrected chi connectivity index (χ0v) is 31.5. The molecule has 10 rings (SSSR count). The Morgan fingerprint density at radius 3 is 2.19 bits per heavy atom. The quantitative estimate of drug-likeness (QED) is 0.142. The summed E-state index contributed by atoms with van der Waals surface area (Å²) in [5.74, 6) is -5.14. The van der Waals surface area contributed by atoms with Crippen LogP contribution in [0.25, 0.3) is 10.8 Å². The van der Waals surface area contributed by atoms with E-state index in [2.05, 4.69) is 10.3 Å². The van der Waals surface area contributed by atoms with Gasteiger partial charge in [0.1, 0.15) is 5.75 Å². The summed E-state index contributed by atoms with van der Waals surface area (Å²) in [5, 5.41) is 14.8.